The monoisotopic (exact) mass is 488 g/mol. The van der Waals surface area contributed by atoms with Crippen molar-refractivity contribution in [2.24, 2.45) is 0 Å². The van der Waals surface area contributed by atoms with Gasteiger partial charge in [-0.3, -0.25) is 9.59 Å². The van der Waals surface area contributed by atoms with E-state index < -0.39 is 17.9 Å². The number of aliphatic hydroxyl groups excluding tert-OH is 1. The van der Waals surface area contributed by atoms with Gasteiger partial charge in [-0.1, -0.05) is 62.4 Å². The molecule has 0 saturated carbocycles. The molecule has 186 valence electrons. The van der Waals surface area contributed by atoms with Crippen molar-refractivity contribution in [2.75, 3.05) is 6.61 Å². The summed E-state index contributed by atoms with van der Waals surface area (Å²) in [5.74, 6) is -1.26. The van der Waals surface area contributed by atoms with Crippen molar-refractivity contribution in [3.63, 3.8) is 0 Å². The summed E-state index contributed by atoms with van der Waals surface area (Å²) in [5.41, 5.74) is 4.32. The van der Waals surface area contributed by atoms with Gasteiger partial charge in [0.25, 0.3) is 0 Å². The second-order valence-corrected chi connectivity index (χ2v) is 8.98. The lowest BCUT2D eigenvalue weighted by molar-refractivity contribution is -0.145. The van der Waals surface area contributed by atoms with Crippen LogP contribution in [-0.4, -0.2) is 39.2 Å². The number of halogens is 1. The van der Waals surface area contributed by atoms with Gasteiger partial charge >= 0.3 is 5.97 Å². The van der Waals surface area contributed by atoms with E-state index in [0.717, 1.165) is 38.7 Å². The van der Waals surface area contributed by atoms with Crippen LogP contribution in [0.5, 0.6) is 0 Å². The molecule has 1 atom stereocenters. The van der Waals surface area contributed by atoms with Crippen LogP contribution in [0.3, 0.4) is 0 Å². The molecule has 0 aliphatic carbocycles. The van der Waals surface area contributed by atoms with Gasteiger partial charge in [-0.05, 0) is 30.5 Å². The number of ketones is 1. The number of aliphatic hydroxyl groups is 1. The van der Waals surface area contributed by atoms with Crippen LogP contribution in [0.15, 0.2) is 60.8 Å². The van der Waals surface area contributed by atoms with Crippen LogP contribution < -0.4 is 0 Å². The molecule has 1 unspecified atom stereocenters. The molecule has 4 rings (SSSR count). The molecule has 0 saturated heterocycles. The molecule has 2 heterocycles. The standard InChI is InChI=1S/C29H29FN2O4/c1-4-36-26(35)16-23(34)15-22(33)13-14-25-27(19-9-11-21(30)12-10-19)29-24-8-6-5-7-20(24)17-31-32(29)28(25)18(2)3/h5-14,17-18,22,33H,4,15-16H2,1-3H3/b14-13+. The summed E-state index contributed by atoms with van der Waals surface area (Å²) < 4.78 is 20.5. The number of benzene rings is 2. The van der Waals surface area contributed by atoms with Crippen molar-refractivity contribution in [1.29, 1.82) is 0 Å². The second kappa shape index (κ2) is 10.8. The van der Waals surface area contributed by atoms with E-state index in [-0.39, 0.29) is 31.2 Å². The van der Waals surface area contributed by atoms with Gasteiger partial charge in [0, 0.05) is 28.3 Å². The van der Waals surface area contributed by atoms with E-state index in [4.69, 9.17) is 9.84 Å². The van der Waals surface area contributed by atoms with Gasteiger partial charge in [0.05, 0.1) is 30.1 Å². The van der Waals surface area contributed by atoms with Crippen molar-refractivity contribution < 1.29 is 23.8 Å². The van der Waals surface area contributed by atoms with Gasteiger partial charge in [0.15, 0.2) is 0 Å². The zero-order valence-electron chi connectivity index (χ0n) is 20.6. The summed E-state index contributed by atoms with van der Waals surface area (Å²) in [5, 5.41) is 17.3. The molecular weight excluding hydrogens is 459 g/mol. The molecule has 0 aliphatic rings. The minimum Gasteiger partial charge on any atom is -0.466 e. The smallest absolute Gasteiger partial charge is 0.313 e. The van der Waals surface area contributed by atoms with Gasteiger partial charge in [0.1, 0.15) is 18.0 Å². The highest BCUT2D eigenvalue weighted by Crippen LogP contribution is 2.40. The number of nitrogens with zero attached hydrogens (tertiary/aromatic N) is 2. The van der Waals surface area contributed by atoms with Crippen LogP contribution in [0.4, 0.5) is 4.39 Å². The third-order valence-electron chi connectivity index (χ3n) is 6.00. The highest BCUT2D eigenvalue weighted by molar-refractivity contribution is 6.06. The first-order valence-electron chi connectivity index (χ1n) is 12.0. The summed E-state index contributed by atoms with van der Waals surface area (Å²) >= 11 is 0. The molecule has 0 fully saturated rings. The Morgan fingerprint density at radius 1 is 1.14 bits per heavy atom. The third-order valence-corrected chi connectivity index (χ3v) is 6.00. The maximum atomic E-state index is 13.8. The minimum absolute atomic E-state index is 0.0719. The molecule has 1 N–H and O–H groups in total. The van der Waals surface area contributed by atoms with E-state index in [1.807, 2.05) is 35.0 Å². The molecule has 7 heteroatoms. The molecule has 0 bridgehead atoms. The predicted molar refractivity (Wildman–Crippen MR) is 138 cm³/mol. The quantitative estimate of drug-likeness (QED) is 0.241. The number of carbonyl (C=O) groups excluding carboxylic acids is 2. The molecule has 6 nitrogen and oxygen atoms in total. The number of ether oxygens (including phenoxy) is 1. The molecule has 0 spiro atoms. The Kier molecular flexibility index (Phi) is 7.60. The average Bonchev–Trinajstić information content (AvgIpc) is 3.18. The lowest BCUT2D eigenvalue weighted by Gasteiger charge is -2.09. The molecule has 0 aliphatic heterocycles. The van der Waals surface area contributed by atoms with Gasteiger partial charge in [-0.15, -0.1) is 0 Å². The molecule has 2 aromatic carbocycles. The molecule has 36 heavy (non-hydrogen) atoms. The van der Waals surface area contributed by atoms with Gasteiger partial charge in [-0.25, -0.2) is 8.91 Å². The van der Waals surface area contributed by atoms with Crippen molar-refractivity contribution in [1.82, 2.24) is 9.61 Å². The number of hydrogen-bond donors (Lipinski definition) is 1. The summed E-state index contributed by atoms with van der Waals surface area (Å²) in [6, 6.07) is 14.2. The molecule has 0 amide bonds. The number of aromatic nitrogens is 2. The Morgan fingerprint density at radius 3 is 2.56 bits per heavy atom. The second-order valence-electron chi connectivity index (χ2n) is 8.98. The van der Waals surface area contributed by atoms with Gasteiger partial charge in [0.2, 0.25) is 0 Å². The van der Waals surface area contributed by atoms with E-state index in [1.165, 1.54) is 12.1 Å². The topological polar surface area (TPSA) is 80.9 Å². The van der Waals surface area contributed by atoms with Crippen LogP contribution in [0.25, 0.3) is 33.5 Å². The number of rotatable bonds is 9. The zero-order chi connectivity index (χ0) is 25.8. The Labute approximate surface area is 209 Å². The van der Waals surface area contributed by atoms with Crippen LogP contribution >= 0.6 is 0 Å². The van der Waals surface area contributed by atoms with E-state index in [2.05, 4.69) is 13.8 Å². The maximum absolute atomic E-state index is 13.8. The average molecular weight is 489 g/mol. The number of Topliss-reactive ketones (excluding diaryl/α,β-unsaturated/α-hetero) is 1. The van der Waals surface area contributed by atoms with Crippen LogP contribution in [0.2, 0.25) is 0 Å². The number of esters is 1. The van der Waals surface area contributed by atoms with Crippen LogP contribution in [0.1, 0.15) is 50.8 Å². The van der Waals surface area contributed by atoms with Crippen LogP contribution in [-0.2, 0) is 14.3 Å². The molecule has 0 radical (unpaired) electrons. The fourth-order valence-electron chi connectivity index (χ4n) is 4.50. The molecule has 4 aromatic rings. The molecule has 2 aromatic heterocycles. The SMILES string of the molecule is CCOC(=O)CC(=O)CC(O)/C=C/c1c(-c2ccc(F)cc2)c2c3ccccc3cnn2c1C(C)C. The lowest BCUT2D eigenvalue weighted by atomic mass is 9.95. The van der Waals surface area contributed by atoms with E-state index in [9.17, 15) is 19.1 Å². The first kappa shape index (κ1) is 25.3. The number of fused-ring (bicyclic) bond motifs is 3. The predicted octanol–water partition coefficient (Wildman–Crippen LogP) is 5.70. The van der Waals surface area contributed by atoms with Crippen molar-refractivity contribution in [3.8, 4) is 11.1 Å². The maximum Gasteiger partial charge on any atom is 0.313 e. The number of carbonyl (C=O) groups is 2. The largest absolute Gasteiger partial charge is 0.466 e. The first-order chi connectivity index (χ1) is 17.3. The Balaban J connectivity index is 1.84. The van der Waals surface area contributed by atoms with E-state index in [1.54, 1.807) is 31.2 Å². The fourth-order valence-corrected chi connectivity index (χ4v) is 4.50. The highest BCUT2D eigenvalue weighted by Gasteiger charge is 2.23. The highest BCUT2D eigenvalue weighted by atomic mass is 19.1. The summed E-state index contributed by atoms with van der Waals surface area (Å²) in [4.78, 5) is 23.8. The van der Waals surface area contributed by atoms with Crippen molar-refractivity contribution in [2.45, 2.75) is 45.6 Å². The normalized spacial score (nSPS) is 12.6. The van der Waals surface area contributed by atoms with Gasteiger partial charge in [-0.2, -0.15) is 5.10 Å². The Morgan fingerprint density at radius 2 is 1.86 bits per heavy atom. The zero-order valence-corrected chi connectivity index (χ0v) is 20.6. The summed E-state index contributed by atoms with van der Waals surface area (Å²) in [6.45, 7) is 5.99. The fraction of sp³-hybridized carbons (Fsp3) is 0.276. The van der Waals surface area contributed by atoms with Gasteiger partial charge < -0.3 is 9.84 Å². The lowest BCUT2D eigenvalue weighted by Crippen LogP contribution is -2.16. The number of hydrogen-bond acceptors (Lipinski definition) is 5. The minimum atomic E-state index is -1.08. The van der Waals surface area contributed by atoms with E-state index in [0.29, 0.717) is 0 Å². The van der Waals surface area contributed by atoms with Crippen LogP contribution in [0, 0.1) is 5.82 Å². The first-order valence-corrected chi connectivity index (χ1v) is 12.0. The summed E-state index contributed by atoms with van der Waals surface area (Å²) in [7, 11) is 0. The molecular formula is C29H29FN2O4. The van der Waals surface area contributed by atoms with E-state index >= 15 is 0 Å². The van der Waals surface area contributed by atoms with Crippen molar-refractivity contribution >= 4 is 34.1 Å². The third kappa shape index (κ3) is 5.21. The Bertz CT molecular complexity index is 1440. The Hall–Kier alpha value is -3.84. The van der Waals surface area contributed by atoms with Crippen molar-refractivity contribution in [3.05, 3.63) is 77.9 Å². The summed E-state index contributed by atoms with van der Waals surface area (Å²) in [6.07, 6.45) is 3.51.